The van der Waals surface area contributed by atoms with E-state index in [0.29, 0.717) is 28.0 Å². The number of nitrogens with zero attached hydrogens (tertiary/aromatic N) is 5. The Morgan fingerprint density at radius 1 is 1.09 bits per heavy atom. The summed E-state index contributed by atoms with van der Waals surface area (Å²) in [7, 11) is 0. The highest BCUT2D eigenvalue weighted by Crippen LogP contribution is 2.33. The first-order chi connectivity index (χ1) is 16.2. The molecule has 9 nitrogen and oxygen atoms in total. The molecule has 0 aliphatic rings. The van der Waals surface area contributed by atoms with Crippen molar-refractivity contribution < 1.29 is 9.72 Å². The molecule has 34 heavy (non-hydrogen) atoms. The molecule has 0 saturated heterocycles. The van der Waals surface area contributed by atoms with Crippen LogP contribution >= 0.6 is 23.4 Å². The van der Waals surface area contributed by atoms with Gasteiger partial charge in [0.15, 0.2) is 5.69 Å². The van der Waals surface area contributed by atoms with Gasteiger partial charge in [0.1, 0.15) is 6.67 Å². The van der Waals surface area contributed by atoms with Gasteiger partial charge in [-0.05, 0) is 45.0 Å². The number of nitrogens with one attached hydrogen (secondary N) is 1. The van der Waals surface area contributed by atoms with Gasteiger partial charge < -0.3 is 5.32 Å². The Bertz CT molecular complexity index is 1380. The number of benzene rings is 2. The van der Waals surface area contributed by atoms with Crippen molar-refractivity contribution in [2.45, 2.75) is 37.2 Å². The first kappa shape index (κ1) is 23.5. The largest absolute Gasteiger partial charge is 0.320 e. The van der Waals surface area contributed by atoms with Crippen LogP contribution in [0.4, 0.5) is 11.4 Å². The molecule has 4 rings (SSSR count). The summed E-state index contributed by atoms with van der Waals surface area (Å²) in [5.74, 6) is -0.475. The number of amides is 1. The standard InChI is InChI=1S/C23H21ClN6O3S/c1-14-4-6-19(7-5-14)34-20-11-17(10-18(12-20)30(32)33)25-23(31)21-8-9-28(27-21)13-29-16(3)22(24)15(2)26-29/h4-12H,13H2,1-3H3,(H,25,31). The first-order valence-electron chi connectivity index (χ1n) is 10.3. The first-order valence-corrected chi connectivity index (χ1v) is 11.5. The third-order valence-electron chi connectivity index (χ3n) is 5.06. The second kappa shape index (κ2) is 9.70. The Labute approximate surface area is 204 Å². The highest BCUT2D eigenvalue weighted by atomic mass is 35.5. The third-order valence-corrected chi connectivity index (χ3v) is 6.59. The maximum Gasteiger partial charge on any atom is 0.276 e. The van der Waals surface area contributed by atoms with Crippen LogP contribution in [0.5, 0.6) is 0 Å². The average Bonchev–Trinajstić information content (AvgIpc) is 3.36. The van der Waals surface area contributed by atoms with Gasteiger partial charge in [-0.2, -0.15) is 10.2 Å². The molecule has 0 unspecified atom stereocenters. The number of anilines is 1. The van der Waals surface area contributed by atoms with E-state index in [9.17, 15) is 14.9 Å². The summed E-state index contributed by atoms with van der Waals surface area (Å²) in [6.07, 6.45) is 1.66. The lowest BCUT2D eigenvalue weighted by Crippen LogP contribution is -2.15. The van der Waals surface area contributed by atoms with Gasteiger partial charge in [0.25, 0.3) is 11.6 Å². The predicted molar refractivity (Wildman–Crippen MR) is 131 cm³/mol. The van der Waals surface area contributed by atoms with Crippen LogP contribution in [0.25, 0.3) is 0 Å². The topological polar surface area (TPSA) is 108 Å². The van der Waals surface area contributed by atoms with E-state index in [2.05, 4.69) is 15.5 Å². The number of aromatic nitrogens is 4. The van der Waals surface area contributed by atoms with Crippen LogP contribution in [0, 0.1) is 30.9 Å². The molecule has 1 N–H and O–H groups in total. The lowest BCUT2D eigenvalue weighted by molar-refractivity contribution is -0.385. The van der Waals surface area contributed by atoms with E-state index in [1.165, 1.54) is 23.9 Å². The summed E-state index contributed by atoms with van der Waals surface area (Å²) >= 11 is 7.57. The van der Waals surface area contributed by atoms with Crippen molar-refractivity contribution in [1.29, 1.82) is 0 Å². The van der Waals surface area contributed by atoms with Gasteiger partial charge in [-0.25, -0.2) is 4.68 Å². The van der Waals surface area contributed by atoms with Crippen molar-refractivity contribution >= 4 is 40.6 Å². The number of nitro groups is 1. The fourth-order valence-corrected chi connectivity index (χ4v) is 4.31. The molecular formula is C23H21ClN6O3S. The molecule has 2 aromatic heterocycles. The zero-order valence-corrected chi connectivity index (χ0v) is 20.2. The van der Waals surface area contributed by atoms with Gasteiger partial charge in [-0.1, -0.05) is 41.1 Å². The van der Waals surface area contributed by atoms with Crippen LogP contribution in [0.1, 0.15) is 27.4 Å². The highest BCUT2D eigenvalue weighted by Gasteiger charge is 2.16. The van der Waals surface area contributed by atoms with Crippen molar-refractivity contribution in [2.75, 3.05) is 5.32 Å². The molecule has 0 bridgehead atoms. The van der Waals surface area contributed by atoms with Crippen LogP contribution in [0.2, 0.25) is 5.02 Å². The normalized spacial score (nSPS) is 10.9. The highest BCUT2D eigenvalue weighted by molar-refractivity contribution is 7.99. The van der Waals surface area contributed by atoms with Gasteiger partial charge in [0.2, 0.25) is 0 Å². The number of carbonyl (C=O) groups is 1. The van der Waals surface area contributed by atoms with Crippen LogP contribution in [0.3, 0.4) is 0 Å². The molecular weight excluding hydrogens is 476 g/mol. The number of carbonyl (C=O) groups excluding carboxylic acids is 1. The van der Waals surface area contributed by atoms with E-state index in [0.717, 1.165) is 16.2 Å². The van der Waals surface area contributed by atoms with E-state index in [4.69, 9.17) is 11.6 Å². The lowest BCUT2D eigenvalue weighted by atomic mass is 10.2. The molecule has 11 heteroatoms. The van der Waals surface area contributed by atoms with Crippen LogP contribution in [-0.4, -0.2) is 30.4 Å². The maximum atomic E-state index is 12.8. The molecule has 1 amide bonds. The molecule has 2 heterocycles. The zero-order valence-electron chi connectivity index (χ0n) is 18.7. The van der Waals surface area contributed by atoms with E-state index in [1.807, 2.05) is 45.0 Å². The number of rotatable bonds is 7. The lowest BCUT2D eigenvalue weighted by Gasteiger charge is -2.08. The van der Waals surface area contributed by atoms with E-state index in [-0.39, 0.29) is 11.4 Å². The second-order valence-corrected chi connectivity index (χ2v) is 9.23. The SMILES string of the molecule is Cc1ccc(Sc2cc(NC(=O)c3ccn(Cn4nc(C)c(Cl)c4C)n3)cc([N+](=O)[O-])c2)cc1. The Balaban J connectivity index is 1.52. The van der Waals surface area contributed by atoms with Crippen molar-refractivity contribution in [3.63, 3.8) is 0 Å². The van der Waals surface area contributed by atoms with Crippen LogP contribution in [-0.2, 0) is 6.67 Å². The summed E-state index contributed by atoms with van der Waals surface area (Å²) in [4.78, 5) is 25.3. The number of hydrogen-bond donors (Lipinski definition) is 1. The van der Waals surface area contributed by atoms with Crippen molar-refractivity contribution in [3.05, 3.63) is 92.5 Å². The van der Waals surface area contributed by atoms with Crippen molar-refractivity contribution in [1.82, 2.24) is 19.6 Å². The Kier molecular flexibility index (Phi) is 6.71. The number of hydrogen-bond acceptors (Lipinski definition) is 6. The Morgan fingerprint density at radius 2 is 1.82 bits per heavy atom. The maximum absolute atomic E-state index is 12.8. The molecule has 4 aromatic rings. The van der Waals surface area contributed by atoms with Crippen LogP contribution in [0.15, 0.2) is 64.5 Å². The summed E-state index contributed by atoms with van der Waals surface area (Å²) in [5, 5.41) is 23.4. The van der Waals surface area contributed by atoms with Gasteiger partial charge in [-0.3, -0.25) is 19.6 Å². The smallest absolute Gasteiger partial charge is 0.276 e. The summed E-state index contributed by atoms with van der Waals surface area (Å²) in [5.41, 5.74) is 3.02. The van der Waals surface area contributed by atoms with Crippen LogP contribution < -0.4 is 5.32 Å². The molecule has 0 aliphatic heterocycles. The molecule has 0 fully saturated rings. The van der Waals surface area contributed by atoms with Crippen molar-refractivity contribution in [2.24, 2.45) is 0 Å². The minimum Gasteiger partial charge on any atom is -0.320 e. The summed E-state index contributed by atoms with van der Waals surface area (Å²) in [6, 6.07) is 13.9. The Hall–Kier alpha value is -3.63. The molecule has 0 atom stereocenters. The summed E-state index contributed by atoms with van der Waals surface area (Å²) in [6.45, 7) is 5.95. The molecule has 174 valence electrons. The molecule has 2 aromatic carbocycles. The van der Waals surface area contributed by atoms with E-state index < -0.39 is 10.8 Å². The Morgan fingerprint density at radius 3 is 2.47 bits per heavy atom. The minimum atomic E-state index is -0.483. The fourth-order valence-electron chi connectivity index (χ4n) is 3.27. The number of aryl methyl sites for hydroxylation is 2. The average molecular weight is 497 g/mol. The molecule has 0 spiro atoms. The fraction of sp³-hybridized carbons (Fsp3) is 0.174. The third kappa shape index (κ3) is 5.29. The molecule has 0 aliphatic carbocycles. The van der Waals surface area contributed by atoms with Gasteiger partial charge in [-0.15, -0.1) is 0 Å². The minimum absolute atomic E-state index is 0.112. The van der Waals surface area contributed by atoms with E-state index in [1.54, 1.807) is 27.7 Å². The molecule has 0 saturated carbocycles. The quantitative estimate of drug-likeness (QED) is 0.268. The zero-order chi connectivity index (χ0) is 24.4. The van der Waals surface area contributed by atoms with Gasteiger partial charge in [0, 0.05) is 33.8 Å². The predicted octanol–water partition coefficient (Wildman–Crippen LogP) is 5.48. The monoisotopic (exact) mass is 496 g/mol. The van der Waals surface area contributed by atoms with Gasteiger partial charge >= 0.3 is 0 Å². The van der Waals surface area contributed by atoms with Crippen molar-refractivity contribution in [3.8, 4) is 0 Å². The van der Waals surface area contributed by atoms with E-state index >= 15 is 0 Å². The number of nitro benzene ring substituents is 1. The second-order valence-electron chi connectivity index (χ2n) is 7.71. The number of non-ortho nitro benzene ring substituents is 1. The molecule has 0 radical (unpaired) electrons. The summed E-state index contributed by atoms with van der Waals surface area (Å²) < 4.78 is 3.26. The van der Waals surface area contributed by atoms with Gasteiger partial charge in [0.05, 0.1) is 21.3 Å². The number of halogens is 1.